The minimum atomic E-state index is 0.401. The number of hydrogen-bond donors (Lipinski definition) is 0. The third-order valence-electron chi connectivity index (χ3n) is 2.92. The van der Waals surface area contributed by atoms with Crippen LogP contribution in [0.2, 0.25) is 0 Å². The molecule has 4 heteroatoms. The highest BCUT2D eigenvalue weighted by atomic mass is 79.9. The second-order valence-corrected chi connectivity index (χ2v) is 6.62. The van der Waals surface area contributed by atoms with Gasteiger partial charge in [0, 0.05) is 23.7 Å². The molecule has 1 aliphatic rings. The van der Waals surface area contributed by atoms with E-state index >= 15 is 0 Å². The van der Waals surface area contributed by atoms with Crippen LogP contribution in [0.25, 0.3) is 0 Å². The summed E-state index contributed by atoms with van der Waals surface area (Å²) in [6.07, 6.45) is 3.06. The normalized spacial score (nSPS) is 28.9. The average Bonchev–Trinajstić information content (AvgIpc) is 2.76. The smallest absolute Gasteiger partial charge is 0.126 e. The summed E-state index contributed by atoms with van der Waals surface area (Å²) in [6.45, 7) is 5.07. The molecule has 0 aliphatic heterocycles. The molecule has 15 heavy (non-hydrogen) atoms. The Morgan fingerprint density at radius 1 is 1.73 bits per heavy atom. The second kappa shape index (κ2) is 4.03. The molecule has 0 saturated heterocycles. The Hall–Kier alpha value is -0.140. The monoisotopic (exact) mass is 287 g/mol. The largest absolute Gasteiger partial charge is 0.493 e. The number of halogens is 1. The molecule has 1 heterocycles. The van der Waals surface area contributed by atoms with Crippen molar-refractivity contribution in [1.29, 1.82) is 0 Å². The van der Waals surface area contributed by atoms with Crippen LogP contribution in [0.1, 0.15) is 18.9 Å². The zero-order chi connectivity index (χ0) is 11.1. The van der Waals surface area contributed by atoms with E-state index < -0.39 is 0 Å². The van der Waals surface area contributed by atoms with E-state index in [9.17, 15) is 0 Å². The lowest BCUT2D eigenvalue weighted by atomic mass is 10.3. The molecular formula is C11H15BrNOP. The lowest BCUT2D eigenvalue weighted by molar-refractivity contribution is 0.293. The first-order valence-corrected chi connectivity index (χ1v) is 6.40. The van der Waals surface area contributed by atoms with Gasteiger partial charge >= 0.3 is 0 Å². The van der Waals surface area contributed by atoms with Crippen LogP contribution in [-0.2, 0) is 0 Å². The van der Waals surface area contributed by atoms with Crippen LogP contribution in [0.5, 0.6) is 5.75 Å². The topological polar surface area (TPSA) is 22.1 Å². The molecule has 1 aromatic heterocycles. The van der Waals surface area contributed by atoms with Gasteiger partial charge < -0.3 is 4.74 Å². The third kappa shape index (κ3) is 2.70. The second-order valence-electron chi connectivity index (χ2n) is 4.49. The molecule has 1 saturated carbocycles. The summed E-state index contributed by atoms with van der Waals surface area (Å²) < 4.78 is 6.62. The molecule has 2 rings (SSSR count). The van der Waals surface area contributed by atoms with Crippen LogP contribution < -0.4 is 4.74 Å². The van der Waals surface area contributed by atoms with Crippen LogP contribution in [0.4, 0.5) is 0 Å². The molecule has 3 atom stereocenters. The van der Waals surface area contributed by atoms with Gasteiger partial charge in [-0.3, -0.25) is 0 Å². The Bertz CT molecular complexity index is 381. The summed E-state index contributed by atoms with van der Waals surface area (Å²) >= 11 is 3.35. The van der Waals surface area contributed by atoms with Crippen molar-refractivity contribution in [3.8, 4) is 5.75 Å². The summed E-state index contributed by atoms with van der Waals surface area (Å²) in [5.41, 5.74) is 1.09. The first-order valence-electron chi connectivity index (χ1n) is 5.03. The summed E-state index contributed by atoms with van der Waals surface area (Å²) in [5.74, 6) is 1.61. The molecule has 3 unspecified atom stereocenters. The Morgan fingerprint density at radius 3 is 3.00 bits per heavy atom. The van der Waals surface area contributed by atoms with Crippen LogP contribution in [0.15, 0.2) is 16.9 Å². The SMILES string of the molecule is Cc1cnc(Br)cc1OCC1CC1(C)P. The van der Waals surface area contributed by atoms with Crippen LogP contribution in [0.3, 0.4) is 0 Å². The number of nitrogens with zero attached hydrogens (tertiary/aromatic N) is 1. The lowest BCUT2D eigenvalue weighted by Crippen LogP contribution is -2.06. The van der Waals surface area contributed by atoms with E-state index in [-0.39, 0.29) is 0 Å². The highest BCUT2D eigenvalue weighted by Crippen LogP contribution is 2.50. The fourth-order valence-electron chi connectivity index (χ4n) is 1.55. The first kappa shape index (κ1) is 11.3. The van der Waals surface area contributed by atoms with E-state index in [0.717, 1.165) is 22.5 Å². The van der Waals surface area contributed by atoms with E-state index in [4.69, 9.17) is 4.74 Å². The molecule has 1 fully saturated rings. The summed E-state index contributed by atoms with van der Waals surface area (Å²) in [6, 6.07) is 1.93. The van der Waals surface area contributed by atoms with Crippen LogP contribution in [0, 0.1) is 12.8 Å². The average molecular weight is 288 g/mol. The Balaban J connectivity index is 1.96. The zero-order valence-corrected chi connectivity index (χ0v) is 11.7. The van der Waals surface area contributed by atoms with Crippen molar-refractivity contribution in [1.82, 2.24) is 4.98 Å². The molecule has 0 radical (unpaired) electrons. The minimum absolute atomic E-state index is 0.401. The number of ether oxygens (including phenoxy) is 1. The predicted octanol–water partition coefficient (Wildman–Crippen LogP) is 3.19. The fraction of sp³-hybridized carbons (Fsp3) is 0.545. The van der Waals surface area contributed by atoms with Gasteiger partial charge in [-0.2, -0.15) is 0 Å². The zero-order valence-electron chi connectivity index (χ0n) is 8.96. The van der Waals surface area contributed by atoms with Gasteiger partial charge in [0.05, 0.1) is 6.61 Å². The van der Waals surface area contributed by atoms with Gasteiger partial charge in [-0.15, -0.1) is 9.24 Å². The van der Waals surface area contributed by atoms with Crippen LogP contribution >= 0.6 is 25.2 Å². The Labute approximate surface area is 101 Å². The molecule has 0 bridgehead atoms. The van der Waals surface area contributed by atoms with Gasteiger partial charge in [0.2, 0.25) is 0 Å². The maximum absolute atomic E-state index is 5.79. The number of aromatic nitrogens is 1. The summed E-state index contributed by atoms with van der Waals surface area (Å²) in [7, 11) is 2.90. The quantitative estimate of drug-likeness (QED) is 0.629. The molecule has 0 spiro atoms. The molecular weight excluding hydrogens is 273 g/mol. The Morgan fingerprint density at radius 2 is 2.40 bits per heavy atom. The molecule has 0 amide bonds. The molecule has 2 nitrogen and oxygen atoms in total. The molecule has 0 N–H and O–H groups in total. The van der Waals surface area contributed by atoms with Crippen LogP contribution in [-0.4, -0.2) is 16.7 Å². The third-order valence-corrected chi connectivity index (χ3v) is 4.06. The minimum Gasteiger partial charge on any atom is -0.493 e. The van der Waals surface area contributed by atoms with E-state index in [1.165, 1.54) is 6.42 Å². The predicted molar refractivity (Wildman–Crippen MR) is 68.4 cm³/mol. The van der Waals surface area contributed by atoms with E-state index in [0.29, 0.717) is 11.1 Å². The highest BCUT2D eigenvalue weighted by molar-refractivity contribution is 9.10. The highest BCUT2D eigenvalue weighted by Gasteiger charge is 2.46. The maximum atomic E-state index is 5.79. The van der Waals surface area contributed by atoms with Gasteiger partial charge in [0.15, 0.2) is 0 Å². The van der Waals surface area contributed by atoms with Crippen molar-refractivity contribution in [2.75, 3.05) is 6.61 Å². The number of hydrogen-bond acceptors (Lipinski definition) is 2. The molecule has 1 aliphatic carbocycles. The van der Waals surface area contributed by atoms with Crippen molar-refractivity contribution in [3.63, 3.8) is 0 Å². The summed E-state index contributed by atoms with van der Waals surface area (Å²) in [4.78, 5) is 4.14. The maximum Gasteiger partial charge on any atom is 0.126 e. The molecule has 1 aromatic rings. The van der Waals surface area contributed by atoms with Crippen molar-refractivity contribution in [2.45, 2.75) is 25.4 Å². The standard InChI is InChI=1S/C11H15BrNOP/c1-7-5-13-10(12)3-9(7)14-6-8-4-11(8,2)15/h3,5,8H,4,6,15H2,1-2H3. The number of pyridine rings is 1. The molecule has 82 valence electrons. The van der Waals surface area contributed by atoms with Gasteiger partial charge in [0.25, 0.3) is 0 Å². The Kier molecular flexibility index (Phi) is 3.05. The van der Waals surface area contributed by atoms with Gasteiger partial charge in [-0.25, -0.2) is 4.98 Å². The van der Waals surface area contributed by atoms with Gasteiger partial charge in [-0.05, 0) is 34.4 Å². The van der Waals surface area contributed by atoms with E-state index in [2.05, 4.69) is 37.1 Å². The summed E-state index contributed by atoms with van der Waals surface area (Å²) in [5, 5.41) is 0.401. The van der Waals surface area contributed by atoms with E-state index in [1.807, 2.05) is 19.2 Å². The van der Waals surface area contributed by atoms with Crippen molar-refractivity contribution >= 4 is 25.2 Å². The van der Waals surface area contributed by atoms with Gasteiger partial charge in [0.1, 0.15) is 10.4 Å². The van der Waals surface area contributed by atoms with Crippen molar-refractivity contribution in [2.24, 2.45) is 5.92 Å². The number of aryl methyl sites for hydroxylation is 1. The number of rotatable bonds is 3. The van der Waals surface area contributed by atoms with Gasteiger partial charge in [-0.1, -0.05) is 6.92 Å². The lowest BCUT2D eigenvalue weighted by Gasteiger charge is -2.09. The van der Waals surface area contributed by atoms with E-state index in [1.54, 1.807) is 0 Å². The van der Waals surface area contributed by atoms with Crippen molar-refractivity contribution < 1.29 is 4.74 Å². The fourth-order valence-corrected chi connectivity index (χ4v) is 2.24. The van der Waals surface area contributed by atoms with Crippen molar-refractivity contribution in [3.05, 3.63) is 22.4 Å². The first-order chi connectivity index (χ1) is 6.99. The molecule has 0 aromatic carbocycles.